The van der Waals surface area contributed by atoms with Crippen LogP contribution in [0, 0.1) is 0 Å². The molecule has 0 saturated heterocycles. The lowest BCUT2D eigenvalue weighted by Crippen LogP contribution is -2.13. The Morgan fingerprint density at radius 3 is 2.33 bits per heavy atom. The number of nitrogens with two attached hydrogens (primary N) is 2. The number of rotatable bonds is 5. The second kappa shape index (κ2) is 5.72. The molecule has 15 heavy (non-hydrogen) atoms. The van der Waals surface area contributed by atoms with Crippen molar-refractivity contribution in [1.82, 2.24) is 0 Å². The highest BCUT2D eigenvalue weighted by Crippen LogP contribution is 2.12. The molecule has 1 amide bonds. The molecule has 5 heteroatoms. The largest absolute Gasteiger partial charge is 0.389 e. The van der Waals surface area contributed by atoms with Crippen molar-refractivity contribution in [3.8, 4) is 0 Å². The van der Waals surface area contributed by atoms with Gasteiger partial charge in [0, 0.05) is 11.3 Å². The van der Waals surface area contributed by atoms with Gasteiger partial charge < -0.3 is 11.5 Å². The molecule has 0 bridgehead atoms. The van der Waals surface area contributed by atoms with Crippen molar-refractivity contribution in [1.29, 1.82) is 0 Å². The Balaban J connectivity index is 2.50. The molecular formula is C10H12N2OS2. The number of benzene rings is 1. The maximum absolute atomic E-state index is 10.5. The van der Waals surface area contributed by atoms with Crippen LogP contribution in [0.4, 0.5) is 0 Å². The fourth-order valence-electron chi connectivity index (χ4n) is 1.03. The molecule has 0 aliphatic heterocycles. The van der Waals surface area contributed by atoms with E-state index in [1.807, 2.05) is 24.3 Å². The van der Waals surface area contributed by atoms with Gasteiger partial charge in [-0.15, -0.1) is 11.8 Å². The predicted molar refractivity (Wildman–Crippen MR) is 67.7 cm³/mol. The molecule has 0 aliphatic carbocycles. The van der Waals surface area contributed by atoms with E-state index in [1.54, 1.807) is 0 Å². The molecule has 0 radical (unpaired) electrons. The number of hydrogen-bond donors (Lipinski definition) is 2. The van der Waals surface area contributed by atoms with E-state index >= 15 is 0 Å². The monoisotopic (exact) mass is 240 g/mol. The SMILES string of the molecule is NC(=O)CSCc1ccc(C(N)=S)cc1. The lowest BCUT2D eigenvalue weighted by molar-refractivity contribution is -0.115. The van der Waals surface area contributed by atoms with E-state index in [1.165, 1.54) is 11.8 Å². The van der Waals surface area contributed by atoms with Gasteiger partial charge in [0.05, 0.1) is 5.75 Å². The number of thioether (sulfide) groups is 1. The van der Waals surface area contributed by atoms with Crippen LogP contribution in [-0.4, -0.2) is 16.6 Å². The number of amides is 1. The van der Waals surface area contributed by atoms with Gasteiger partial charge in [0.1, 0.15) is 4.99 Å². The van der Waals surface area contributed by atoms with E-state index < -0.39 is 0 Å². The summed E-state index contributed by atoms with van der Waals surface area (Å²) in [6.07, 6.45) is 0. The molecule has 1 aromatic carbocycles. The lowest BCUT2D eigenvalue weighted by atomic mass is 10.1. The first-order valence-electron chi connectivity index (χ1n) is 4.34. The smallest absolute Gasteiger partial charge is 0.227 e. The third kappa shape index (κ3) is 4.31. The highest BCUT2D eigenvalue weighted by molar-refractivity contribution is 7.99. The van der Waals surface area contributed by atoms with Crippen LogP contribution in [0.5, 0.6) is 0 Å². The van der Waals surface area contributed by atoms with Crippen molar-refractivity contribution >= 4 is 34.9 Å². The zero-order valence-corrected chi connectivity index (χ0v) is 9.74. The van der Waals surface area contributed by atoms with Crippen LogP contribution in [0.2, 0.25) is 0 Å². The van der Waals surface area contributed by atoms with Crippen LogP contribution in [0.1, 0.15) is 11.1 Å². The quantitative estimate of drug-likeness (QED) is 0.755. The van der Waals surface area contributed by atoms with Crippen LogP contribution in [0.25, 0.3) is 0 Å². The third-order valence-electron chi connectivity index (χ3n) is 1.75. The average Bonchev–Trinajstić information content (AvgIpc) is 2.18. The normalized spacial score (nSPS) is 9.87. The minimum atomic E-state index is -0.292. The topological polar surface area (TPSA) is 69.1 Å². The molecule has 0 saturated carbocycles. The molecule has 1 rings (SSSR count). The molecule has 0 heterocycles. The molecular weight excluding hydrogens is 228 g/mol. The van der Waals surface area contributed by atoms with Crippen molar-refractivity contribution in [3.63, 3.8) is 0 Å². The Morgan fingerprint density at radius 2 is 1.87 bits per heavy atom. The van der Waals surface area contributed by atoms with Crippen molar-refractivity contribution < 1.29 is 4.79 Å². The van der Waals surface area contributed by atoms with Gasteiger partial charge in [-0.3, -0.25) is 4.79 Å². The highest BCUT2D eigenvalue weighted by atomic mass is 32.2. The van der Waals surface area contributed by atoms with Crippen molar-refractivity contribution in [2.45, 2.75) is 5.75 Å². The summed E-state index contributed by atoms with van der Waals surface area (Å²) in [6, 6.07) is 7.65. The van der Waals surface area contributed by atoms with E-state index in [4.69, 9.17) is 23.7 Å². The molecule has 4 N–H and O–H groups in total. The fraction of sp³-hybridized carbons (Fsp3) is 0.200. The summed E-state index contributed by atoms with van der Waals surface area (Å²) in [7, 11) is 0. The Hall–Kier alpha value is -1.07. The number of primary amides is 1. The first kappa shape index (κ1) is 12.0. The standard InChI is InChI=1S/C10H12N2OS2/c11-9(13)6-15-5-7-1-3-8(4-2-7)10(12)14/h1-4H,5-6H2,(H2,11,13)(H2,12,14). The number of hydrogen-bond acceptors (Lipinski definition) is 3. The summed E-state index contributed by atoms with van der Waals surface area (Å²) in [5.41, 5.74) is 12.5. The molecule has 0 spiro atoms. The Labute approximate surface area is 98.2 Å². The molecule has 80 valence electrons. The molecule has 0 aliphatic rings. The number of carbonyl (C=O) groups is 1. The Kier molecular flexibility index (Phi) is 4.58. The van der Waals surface area contributed by atoms with E-state index in [2.05, 4.69) is 0 Å². The molecule has 3 nitrogen and oxygen atoms in total. The predicted octanol–water partition coefficient (Wildman–Crippen LogP) is 1.04. The molecule has 0 atom stereocenters. The van der Waals surface area contributed by atoms with Crippen LogP contribution >= 0.6 is 24.0 Å². The van der Waals surface area contributed by atoms with Crippen LogP contribution < -0.4 is 11.5 Å². The summed E-state index contributed by atoms with van der Waals surface area (Å²) < 4.78 is 0. The Morgan fingerprint density at radius 1 is 1.27 bits per heavy atom. The molecule has 0 unspecified atom stereocenters. The third-order valence-corrected chi connectivity index (χ3v) is 3.01. The Bertz CT molecular complexity index is 362. The van der Waals surface area contributed by atoms with Gasteiger partial charge in [0.2, 0.25) is 5.91 Å². The maximum atomic E-state index is 10.5. The summed E-state index contributed by atoms with van der Waals surface area (Å²) in [5, 5.41) is 0. The van der Waals surface area contributed by atoms with E-state index in [-0.39, 0.29) is 5.91 Å². The van der Waals surface area contributed by atoms with Crippen molar-refractivity contribution in [2.75, 3.05) is 5.75 Å². The van der Waals surface area contributed by atoms with Crippen molar-refractivity contribution in [3.05, 3.63) is 35.4 Å². The maximum Gasteiger partial charge on any atom is 0.227 e. The molecule has 0 fully saturated rings. The van der Waals surface area contributed by atoms with Gasteiger partial charge in [-0.1, -0.05) is 36.5 Å². The summed E-state index contributed by atoms with van der Waals surface area (Å²) in [5.74, 6) is 0.817. The molecule has 1 aromatic rings. The van der Waals surface area contributed by atoms with Crippen LogP contribution in [0.15, 0.2) is 24.3 Å². The van der Waals surface area contributed by atoms with Gasteiger partial charge in [-0.2, -0.15) is 0 Å². The lowest BCUT2D eigenvalue weighted by Gasteiger charge is -2.02. The highest BCUT2D eigenvalue weighted by Gasteiger charge is 1.98. The van der Waals surface area contributed by atoms with Crippen LogP contribution in [-0.2, 0) is 10.5 Å². The summed E-state index contributed by atoms with van der Waals surface area (Å²) in [4.78, 5) is 10.9. The summed E-state index contributed by atoms with van der Waals surface area (Å²) >= 11 is 6.33. The van der Waals surface area contributed by atoms with E-state index in [0.717, 1.165) is 16.9 Å². The number of thiocarbonyl (C=S) groups is 1. The minimum absolute atomic E-state index is 0.292. The zero-order chi connectivity index (χ0) is 11.3. The fourth-order valence-corrected chi connectivity index (χ4v) is 1.90. The summed E-state index contributed by atoms with van der Waals surface area (Å²) in [6.45, 7) is 0. The first-order chi connectivity index (χ1) is 7.09. The second-order valence-corrected chi connectivity index (χ2v) is 4.45. The number of carbonyl (C=O) groups excluding carboxylic acids is 1. The van der Waals surface area contributed by atoms with E-state index in [9.17, 15) is 4.79 Å². The van der Waals surface area contributed by atoms with Crippen LogP contribution in [0.3, 0.4) is 0 Å². The first-order valence-corrected chi connectivity index (χ1v) is 5.90. The van der Waals surface area contributed by atoms with Gasteiger partial charge in [-0.25, -0.2) is 0 Å². The van der Waals surface area contributed by atoms with Gasteiger partial charge in [0.15, 0.2) is 0 Å². The zero-order valence-electron chi connectivity index (χ0n) is 8.10. The van der Waals surface area contributed by atoms with Crippen molar-refractivity contribution in [2.24, 2.45) is 11.5 Å². The van der Waals surface area contributed by atoms with Gasteiger partial charge in [-0.05, 0) is 5.56 Å². The van der Waals surface area contributed by atoms with Gasteiger partial charge in [0.25, 0.3) is 0 Å². The minimum Gasteiger partial charge on any atom is -0.389 e. The van der Waals surface area contributed by atoms with Gasteiger partial charge >= 0.3 is 0 Å². The second-order valence-electron chi connectivity index (χ2n) is 3.02. The average molecular weight is 240 g/mol. The van der Waals surface area contributed by atoms with E-state index in [0.29, 0.717) is 10.7 Å². The molecule has 0 aromatic heterocycles.